The molecule has 3 aromatic rings. The van der Waals surface area contributed by atoms with Crippen molar-refractivity contribution in [3.8, 4) is 5.75 Å². The number of nitrogens with one attached hydrogen (secondary N) is 1. The molecule has 0 aliphatic heterocycles. The molecule has 0 saturated heterocycles. The number of carbonyl (C=O) groups excluding carboxylic acids is 4. The van der Waals surface area contributed by atoms with Crippen LogP contribution in [0.5, 0.6) is 5.75 Å². The summed E-state index contributed by atoms with van der Waals surface area (Å²) in [6, 6.07) is 9.94. The highest BCUT2D eigenvalue weighted by Crippen LogP contribution is 2.38. The maximum atomic E-state index is 14.0. The van der Waals surface area contributed by atoms with E-state index >= 15 is 0 Å². The molecule has 38 heavy (non-hydrogen) atoms. The predicted molar refractivity (Wildman–Crippen MR) is 138 cm³/mol. The number of aromatic nitrogens is 1. The van der Waals surface area contributed by atoms with Crippen LogP contribution in [0.3, 0.4) is 0 Å². The summed E-state index contributed by atoms with van der Waals surface area (Å²) in [5.41, 5.74) is 11.2. The number of amides is 3. The van der Waals surface area contributed by atoms with Gasteiger partial charge in [0.1, 0.15) is 29.0 Å². The van der Waals surface area contributed by atoms with Crippen molar-refractivity contribution in [3.63, 3.8) is 0 Å². The highest BCUT2D eigenvalue weighted by atomic mass is 32.1. The Morgan fingerprint density at radius 1 is 1.08 bits per heavy atom. The zero-order valence-electron chi connectivity index (χ0n) is 20.6. The molecule has 0 fully saturated rings. The number of hydrogen-bond donors (Lipinski definition) is 3. The van der Waals surface area contributed by atoms with Gasteiger partial charge in [-0.3, -0.25) is 24.1 Å². The largest absolute Gasteiger partial charge is 0.492 e. The molecule has 3 amide bonds. The van der Waals surface area contributed by atoms with Crippen LogP contribution in [0.1, 0.15) is 45.6 Å². The first-order chi connectivity index (χ1) is 18.2. The topological polar surface area (TPSA) is 167 Å². The summed E-state index contributed by atoms with van der Waals surface area (Å²) in [6.45, 7) is 3.23. The standard InChI is InChI=1S/C25H26FN5O6S/c1-3-36-17-8-6-5-7-16(17)31(25(35)22-19(27)20(23(28)33)30-38-22)21(14-9-11-15(26)12-10-14)24(34)29-13-18(32)37-4-2/h5-12,21H,3-4,13,27H2,1-2H3,(H2,28,33)(H,29,34)/t21-/m0/s1. The second-order valence-electron chi connectivity index (χ2n) is 7.69. The van der Waals surface area contributed by atoms with Crippen LogP contribution in [0, 0.1) is 5.82 Å². The summed E-state index contributed by atoms with van der Waals surface area (Å²) in [5.74, 6) is -3.51. The number of nitrogens with two attached hydrogens (primary N) is 2. The molecule has 11 nitrogen and oxygen atoms in total. The van der Waals surface area contributed by atoms with Gasteiger partial charge in [0.2, 0.25) is 5.91 Å². The Balaban J connectivity index is 2.21. The minimum absolute atomic E-state index is 0.106. The average molecular weight is 544 g/mol. The maximum Gasteiger partial charge on any atom is 0.325 e. The van der Waals surface area contributed by atoms with Crippen molar-refractivity contribution in [2.24, 2.45) is 5.73 Å². The zero-order valence-corrected chi connectivity index (χ0v) is 21.4. The normalized spacial score (nSPS) is 11.3. The van der Waals surface area contributed by atoms with E-state index in [1.165, 1.54) is 12.1 Å². The Morgan fingerprint density at radius 2 is 1.76 bits per heavy atom. The lowest BCUT2D eigenvalue weighted by Crippen LogP contribution is -2.45. The number of esters is 1. The van der Waals surface area contributed by atoms with E-state index in [2.05, 4.69) is 9.69 Å². The van der Waals surface area contributed by atoms with E-state index in [1.807, 2.05) is 0 Å². The molecule has 0 radical (unpaired) electrons. The monoisotopic (exact) mass is 543 g/mol. The van der Waals surface area contributed by atoms with Gasteiger partial charge in [-0.05, 0) is 55.2 Å². The third-order valence-electron chi connectivity index (χ3n) is 5.20. The van der Waals surface area contributed by atoms with E-state index in [9.17, 15) is 23.6 Å². The van der Waals surface area contributed by atoms with Gasteiger partial charge in [-0.2, -0.15) is 4.37 Å². The molecule has 0 spiro atoms. The number of para-hydroxylation sites is 2. The van der Waals surface area contributed by atoms with Crippen molar-refractivity contribution in [3.05, 3.63) is 70.5 Å². The average Bonchev–Trinajstić information content (AvgIpc) is 3.28. The molecule has 3 rings (SSSR count). The third-order valence-corrected chi connectivity index (χ3v) is 6.05. The molecule has 200 valence electrons. The van der Waals surface area contributed by atoms with Gasteiger partial charge in [-0.15, -0.1) is 0 Å². The lowest BCUT2D eigenvalue weighted by molar-refractivity contribution is -0.143. The molecule has 1 heterocycles. The van der Waals surface area contributed by atoms with Crippen LogP contribution >= 0.6 is 11.5 Å². The molecule has 0 saturated carbocycles. The molecule has 0 aliphatic carbocycles. The molecule has 0 unspecified atom stereocenters. The predicted octanol–water partition coefficient (Wildman–Crippen LogP) is 2.43. The Kier molecular flexibility index (Phi) is 9.33. The van der Waals surface area contributed by atoms with E-state index in [-0.39, 0.29) is 46.5 Å². The van der Waals surface area contributed by atoms with Crippen LogP contribution in [-0.2, 0) is 14.3 Å². The molecular weight excluding hydrogens is 517 g/mol. The number of ether oxygens (including phenoxy) is 2. The molecular formula is C25H26FN5O6S. The first kappa shape index (κ1) is 28.1. The first-order valence-corrected chi connectivity index (χ1v) is 12.3. The van der Waals surface area contributed by atoms with E-state index < -0.39 is 42.1 Å². The molecule has 1 atom stereocenters. The van der Waals surface area contributed by atoms with E-state index in [4.69, 9.17) is 20.9 Å². The molecule has 5 N–H and O–H groups in total. The Morgan fingerprint density at radius 3 is 2.37 bits per heavy atom. The van der Waals surface area contributed by atoms with Crippen LogP contribution < -0.4 is 26.4 Å². The number of nitrogen functional groups attached to an aromatic ring is 1. The maximum absolute atomic E-state index is 14.0. The Bertz CT molecular complexity index is 1330. The molecule has 0 aliphatic rings. The number of hydrogen-bond acceptors (Lipinski definition) is 9. The zero-order chi connectivity index (χ0) is 27.8. The highest BCUT2D eigenvalue weighted by Gasteiger charge is 2.37. The fraction of sp³-hybridized carbons (Fsp3) is 0.240. The summed E-state index contributed by atoms with van der Waals surface area (Å²) in [7, 11) is 0. The number of carbonyl (C=O) groups is 4. The van der Waals surface area contributed by atoms with Crippen LogP contribution in [0.2, 0.25) is 0 Å². The smallest absolute Gasteiger partial charge is 0.325 e. The van der Waals surface area contributed by atoms with E-state index in [0.29, 0.717) is 11.5 Å². The fourth-order valence-electron chi connectivity index (χ4n) is 3.57. The Hall–Kier alpha value is -4.52. The van der Waals surface area contributed by atoms with Gasteiger partial charge in [0, 0.05) is 0 Å². The lowest BCUT2D eigenvalue weighted by Gasteiger charge is -2.32. The van der Waals surface area contributed by atoms with Crippen molar-refractivity contribution in [2.75, 3.05) is 30.4 Å². The number of rotatable bonds is 11. The van der Waals surface area contributed by atoms with Gasteiger partial charge in [0.05, 0.1) is 24.6 Å². The van der Waals surface area contributed by atoms with Crippen LogP contribution in [0.25, 0.3) is 0 Å². The molecule has 13 heteroatoms. The van der Waals surface area contributed by atoms with Crippen LogP contribution in [0.15, 0.2) is 48.5 Å². The van der Waals surface area contributed by atoms with Crippen molar-refractivity contribution in [1.82, 2.24) is 9.69 Å². The van der Waals surface area contributed by atoms with Gasteiger partial charge in [0.15, 0.2) is 5.69 Å². The minimum Gasteiger partial charge on any atom is -0.492 e. The second-order valence-corrected chi connectivity index (χ2v) is 8.46. The van der Waals surface area contributed by atoms with Crippen molar-refractivity contribution in [2.45, 2.75) is 19.9 Å². The van der Waals surface area contributed by atoms with E-state index in [1.54, 1.807) is 38.1 Å². The third kappa shape index (κ3) is 6.24. The number of halogens is 1. The molecule has 1 aromatic heterocycles. The van der Waals surface area contributed by atoms with Crippen LogP contribution in [0.4, 0.5) is 15.8 Å². The summed E-state index contributed by atoms with van der Waals surface area (Å²) in [5, 5.41) is 2.47. The van der Waals surface area contributed by atoms with Crippen molar-refractivity contribution < 1.29 is 33.0 Å². The highest BCUT2D eigenvalue weighted by molar-refractivity contribution is 7.09. The fourth-order valence-corrected chi connectivity index (χ4v) is 4.31. The SMILES string of the molecule is CCOC(=O)CNC(=O)[C@H](c1ccc(F)cc1)N(C(=O)c1snc(C(N)=O)c1N)c1ccccc1OCC. The molecule has 0 bridgehead atoms. The van der Waals surface area contributed by atoms with Gasteiger partial charge in [-0.25, -0.2) is 4.39 Å². The summed E-state index contributed by atoms with van der Waals surface area (Å²) in [4.78, 5) is 52.2. The summed E-state index contributed by atoms with van der Waals surface area (Å²) < 4.78 is 28.3. The van der Waals surface area contributed by atoms with Gasteiger partial charge < -0.3 is 26.3 Å². The Labute approximate surface area is 221 Å². The van der Waals surface area contributed by atoms with Gasteiger partial charge in [-0.1, -0.05) is 24.3 Å². The van der Waals surface area contributed by atoms with E-state index in [0.717, 1.165) is 17.0 Å². The summed E-state index contributed by atoms with van der Waals surface area (Å²) >= 11 is 0.633. The number of nitrogens with zero attached hydrogens (tertiary/aromatic N) is 2. The quantitative estimate of drug-likeness (QED) is 0.310. The molecule has 2 aromatic carbocycles. The van der Waals surface area contributed by atoms with Crippen molar-refractivity contribution >= 4 is 46.6 Å². The van der Waals surface area contributed by atoms with Gasteiger partial charge in [0.25, 0.3) is 11.8 Å². The summed E-state index contributed by atoms with van der Waals surface area (Å²) in [6.07, 6.45) is 0. The number of primary amides is 1. The number of anilines is 2. The second kappa shape index (κ2) is 12.6. The number of benzene rings is 2. The lowest BCUT2D eigenvalue weighted by atomic mass is 10.0. The van der Waals surface area contributed by atoms with Crippen molar-refractivity contribution in [1.29, 1.82) is 0 Å². The first-order valence-electron chi connectivity index (χ1n) is 11.5. The van der Waals surface area contributed by atoms with Crippen LogP contribution in [-0.4, -0.2) is 47.8 Å². The van der Waals surface area contributed by atoms with Gasteiger partial charge >= 0.3 is 5.97 Å². The minimum atomic E-state index is -1.43.